The molecule has 1 aromatic rings. The first-order valence-corrected chi connectivity index (χ1v) is 4.93. The lowest BCUT2D eigenvalue weighted by Gasteiger charge is -2.08. The van der Waals surface area contributed by atoms with E-state index in [0.29, 0.717) is 12.3 Å². The van der Waals surface area contributed by atoms with Crippen molar-refractivity contribution in [3.63, 3.8) is 0 Å². The quantitative estimate of drug-likeness (QED) is 0.564. The molecule has 0 saturated carbocycles. The molecule has 1 atom stereocenters. The van der Waals surface area contributed by atoms with Gasteiger partial charge in [0.15, 0.2) is 0 Å². The van der Waals surface area contributed by atoms with Crippen LogP contribution in [0.5, 0.6) is 0 Å². The zero-order valence-corrected chi connectivity index (χ0v) is 8.31. The molecule has 0 saturated heterocycles. The molecule has 1 unspecified atom stereocenters. The van der Waals surface area contributed by atoms with E-state index in [2.05, 4.69) is 28.0 Å². The lowest BCUT2D eigenvalue weighted by Crippen LogP contribution is -2.35. The van der Waals surface area contributed by atoms with Crippen LogP contribution in [0, 0.1) is 0 Å². The van der Waals surface area contributed by atoms with Crippen molar-refractivity contribution >= 4 is 12.2 Å². The molecule has 0 aliphatic carbocycles. The molecule has 1 heterocycles. The number of amidine groups is 1. The highest BCUT2D eigenvalue weighted by molar-refractivity contribution is 5.85. The molecule has 0 fully saturated rings. The van der Waals surface area contributed by atoms with Crippen LogP contribution in [-0.2, 0) is 4.79 Å². The summed E-state index contributed by atoms with van der Waals surface area (Å²) in [6.45, 7) is 0.785. The Hall–Kier alpha value is -1.84. The van der Waals surface area contributed by atoms with Crippen molar-refractivity contribution in [3.8, 4) is 0 Å². The fourth-order valence-electron chi connectivity index (χ4n) is 1.73. The van der Waals surface area contributed by atoms with Crippen molar-refractivity contribution in [2.75, 3.05) is 6.54 Å². The molecular weight excluding hydrogens is 190 g/mol. The maximum Gasteiger partial charge on any atom is 0.225 e. The van der Waals surface area contributed by atoms with Gasteiger partial charge in [0.05, 0.1) is 0 Å². The van der Waals surface area contributed by atoms with E-state index >= 15 is 0 Å². The fourth-order valence-corrected chi connectivity index (χ4v) is 1.73. The van der Waals surface area contributed by atoms with Crippen LogP contribution in [0.3, 0.4) is 0 Å². The number of carbonyl (C=O) groups excluding carboxylic acids is 1. The van der Waals surface area contributed by atoms with Gasteiger partial charge < -0.3 is 0 Å². The molecule has 0 radical (unpaired) electrons. The highest BCUT2D eigenvalue weighted by Crippen LogP contribution is 2.24. The maximum atomic E-state index is 10.1. The number of hydrazine groups is 1. The summed E-state index contributed by atoms with van der Waals surface area (Å²) in [7, 11) is 0. The number of nitrogens with zero attached hydrogens (tertiary/aromatic N) is 1. The lowest BCUT2D eigenvalue weighted by molar-refractivity contribution is -0.110. The second-order valence-corrected chi connectivity index (χ2v) is 3.49. The topological polar surface area (TPSA) is 53.5 Å². The SMILES string of the molecule is O=CNNC1=NCC(c2ccccc2)C1. The number of hydrogen-bond donors (Lipinski definition) is 2. The van der Waals surface area contributed by atoms with Gasteiger partial charge in [0.25, 0.3) is 0 Å². The normalized spacial score (nSPS) is 19.5. The molecule has 1 aliphatic heterocycles. The van der Waals surface area contributed by atoms with Gasteiger partial charge in [0.1, 0.15) is 5.84 Å². The van der Waals surface area contributed by atoms with Crippen LogP contribution in [-0.4, -0.2) is 18.8 Å². The van der Waals surface area contributed by atoms with E-state index in [0.717, 1.165) is 18.8 Å². The Kier molecular flexibility index (Phi) is 2.97. The van der Waals surface area contributed by atoms with Gasteiger partial charge in [-0.1, -0.05) is 30.3 Å². The number of carbonyl (C=O) groups is 1. The summed E-state index contributed by atoms with van der Waals surface area (Å²) in [5.74, 6) is 1.28. The number of benzene rings is 1. The predicted octanol–water partition coefficient (Wildman–Crippen LogP) is 0.823. The van der Waals surface area contributed by atoms with E-state index in [-0.39, 0.29) is 0 Å². The van der Waals surface area contributed by atoms with Gasteiger partial charge in [-0.2, -0.15) is 0 Å². The summed E-state index contributed by atoms with van der Waals surface area (Å²) in [6, 6.07) is 10.3. The van der Waals surface area contributed by atoms with Crippen molar-refractivity contribution < 1.29 is 4.79 Å². The molecule has 15 heavy (non-hydrogen) atoms. The molecule has 1 aliphatic rings. The Morgan fingerprint density at radius 1 is 1.33 bits per heavy atom. The fraction of sp³-hybridized carbons (Fsp3) is 0.273. The summed E-state index contributed by atoms with van der Waals surface area (Å²) in [6.07, 6.45) is 1.46. The molecule has 78 valence electrons. The Balaban J connectivity index is 1.93. The molecular formula is C11H13N3O. The van der Waals surface area contributed by atoms with E-state index in [1.165, 1.54) is 5.56 Å². The minimum atomic E-state index is 0.433. The van der Waals surface area contributed by atoms with Gasteiger partial charge in [0, 0.05) is 18.9 Å². The van der Waals surface area contributed by atoms with Crippen LogP contribution >= 0.6 is 0 Å². The standard InChI is InChI=1S/C11H13N3O/c15-8-13-14-11-6-10(7-12-11)9-4-2-1-3-5-9/h1-5,8,10H,6-7H2,(H,12,14)(H,13,15). The third-order valence-electron chi connectivity index (χ3n) is 2.49. The average Bonchev–Trinajstić information content (AvgIpc) is 2.76. The molecule has 2 rings (SSSR count). The number of amides is 1. The molecule has 0 spiro atoms. The highest BCUT2D eigenvalue weighted by Gasteiger charge is 2.19. The number of hydrogen-bond acceptors (Lipinski definition) is 3. The first-order valence-electron chi connectivity index (χ1n) is 4.93. The van der Waals surface area contributed by atoms with Crippen LogP contribution in [0.2, 0.25) is 0 Å². The molecule has 0 bridgehead atoms. The second kappa shape index (κ2) is 4.59. The summed E-state index contributed by atoms with van der Waals surface area (Å²) in [5.41, 5.74) is 6.46. The van der Waals surface area contributed by atoms with Crippen LogP contribution < -0.4 is 10.9 Å². The first-order chi connectivity index (χ1) is 7.40. The van der Waals surface area contributed by atoms with Gasteiger partial charge in [-0.3, -0.25) is 20.6 Å². The molecule has 4 heteroatoms. The zero-order chi connectivity index (χ0) is 10.5. The largest absolute Gasteiger partial charge is 0.286 e. The first kappa shape index (κ1) is 9.71. The molecule has 2 N–H and O–H groups in total. The van der Waals surface area contributed by atoms with Crippen LogP contribution in [0.15, 0.2) is 35.3 Å². The second-order valence-electron chi connectivity index (χ2n) is 3.49. The van der Waals surface area contributed by atoms with E-state index < -0.39 is 0 Å². The van der Waals surface area contributed by atoms with E-state index in [1.54, 1.807) is 0 Å². The third kappa shape index (κ3) is 2.34. The van der Waals surface area contributed by atoms with Crippen LogP contribution in [0.4, 0.5) is 0 Å². The Morgan fingerprint density at radius 3 is 2.87 bits per heavy atom. The lowest BCUT2D eigenvalue weighted by atomic mass is 9.98. The maximum absolute atomic E-state index is 10.1. The Morgan fingerprint density at radius 2 is 2.13 bits per heavy atom. The Bertz CT molecular complexity index is 361. The van der Waals surface area contributed by atoms with Gasteiger partial charge in [-0.25, -0.2) is 0 Å². The van der Waals surface area contributed by atoms with Crippen molar-refractivity contribution in [1.29, 1.82) is 0 Å². The molecule has 1 aromatic carbocycles. The summed E-state index contributed by atoms with van der Waals surface area (Å²) < 4.78 is 0. The zero-order valence-electron chi connectivity index (χ0n) is 8.31. The number of nitrogens with one attached hydrogen (secondary N) is 2. The van der Waals surface area contributed by atoms with Crippen LogP contribution in [0.1, 0.15) is 17.9 Å². The summed E-state index contributed by atoms with van der Waals surface area (Å²) in [4.78, 5) is 14.4. The predicted molar refractivity (Wildman–Crippen MR) is 58.4 cm³/mol. The van der Waals surface area contributed by atoms with Gasteiger partial charge >= 0.3 is 0 Å². The number of aliphatic imine (C=N–C) groups is 1. The smallest absolute Gasteiger partial charge is 0.225 e. The average molecular weight is 203 g/mol. The van der Waals surface area contributed by atoms with E-state index in [1.807, 2.05) is 18.2 Å². The summed E-state index contributed by atoms with van der Waals surface area (Å²) in [5, 5.41) is 0. The van der Waals surface area contributed by atoms with E-state index in [4.69, 9.17) is 0 Å². The number of rotatable bonds is 3. The van der Waals surface area contributed by atoms with Crippen molar-refractivity contribution in [1.82, 2.24) is 10.9 Å². The van der Waals surface area contributed by atoms with Crippen LogP contribution in [0.25, 0.3) is 0 Å². The van der Waals surface area contributed by atoms with Gasteiger partial charge in [0.2, 0.25) is 6.41 Å². The third-order valence-corrected chi connectivity index (χ3v) is 2.49. The van der Waals surface area contributed by atoms with Gasteiger partial charge in [-0.15, -0.1) is 0 Å². The van der Waals surface area contributed by atoms with Crippen molar-refractivity contribution in [3.05, 3.63) is 35.9 Å². The molecule has 1 amide bonds. The minimum absolute atomic E-state index is 0.433. The van der Waals surface area contributed by atoms with Gasteiger partial charge in [-0.05, 0) is 5.56 Å². The highest BCUT2D eigenvalue weighted by atomic mass is 16.1. The van der Waals surface area contributed by atoms with Crippen molar-refractivity contribution in [2.45, 2.75) is 12.3 Å². The molecule has 0 aromatic heterocycles. The minimum Gasteiger partial charge on any atom is -0.286 e. The Labute approximate surface area is 88.4 Å². The van der Waals surface area contributed by atoms with E-state index in [9.17, 15) is 4.79 Å². The summed E-state index contributed by atoms with van der Waals surface area (Å²) >= 11 is 0. The monoisotopic (exact) mass is 203 g/mol. The molecule has 4 nitrogen and oxygen atoms in total. The van der Waals surface area contributed by atoms with Crippen molar-refractivity contribution in [2.24, 2.45) is 4.99 Å².